The quantitative estimate of drug-likeness (QED) is 0.911. The van der Waals surface area contributed by atoms with Gasteiger partial charge in [0, 0.05) is 18.1 Å². The molecule has 0 spiro atoms. The number of aromatic nitrogens is 1. The van der Waals surface area contributed by atoms with Crippen LogP contribution in [0.25, 0.3) is 10.2 Å². The highest BCUT2D eigenvalue weighted by atomic mass is 32.1. The van der Waals surface area contributed by atoms with Crippen LogP contribution < -0.4 is 11.1 Å². The fourth-order valence-electron chi connectivity index (χ4n) is 2.83. The van der Waals surface area contributed by atoms with Gasteiger partial charge in [-0.2, -0.15) is 0 Å². The third-order valence-electron chi connectivity index (χ3n) is 3.99. The number of carbonyl (C=O) groups excluding carboxylic acids is 1. The van der Waals surface area contributed by atoms with Crippen LogP contribution in [0.1, 0.15) is 41.8 Å². The molecule has 1 aliphatic carbocycles. The van der Waals surface area contributed by atoms with E-state index in [1.54, 1.807) is 6.20 Å². The molecule has 4 nitrogen and oxygen atoms in total. The SMILES string of the molecule is Nc1c(C(=O)NCC2CCCCC2)sc2ncccc12. The minimum atomic E-state index is -0.0592. The van der Waals surface area contributed by atoms with Crippen LogP contribution in [-0.4, -0.2) is 17.4 Å². The highest BCUT2D eigenvalue weighted by molar-refractivity contribution is 7.21. The Labute approximate surface area is 122 Å². The first-order chi connectivity index (χ1) is 9.75. The number of thiophene rings is 1. The van der Waals surface area contributed by atoms with Crippen molar-refractivity contribution >= 4 is 33.1 Å². The second kappa shape index (κ2) is 5.79. The molecule has 0 bridgehead atoms. The summed E-state index contributed by atoms with van der Waals surface area (Å²) < 4.78 is 0. The van der Waals surface area contributed by atoms with Crippen molar-refractivity contribution < 1.29 is 4.79 Å². The molecule has 0 unspecified atom stereocenters. The van der Waals surface area contributed by atoms with E-state index < -0.39 is 0 Å². The van der Waals surface area contributed by atoms with Crippen LogP contribution in [0, 0.1) is 5.92 Å². The standard InChI is InChI=1S/C15H19N3OS/c16-12-11-7-4-8-17-15(11)20-13(12)14(19)18-9-10-5-2-1-3-6-10/h4,7-8,10H,1-3,5-6,9,16H2,(H,18,19). The smallest absolute Gasteiger partial charge is 0.263 e. The summed E-state index contributed by atoms with van der Waals surface area (Å²) >= 11 is 1.37. The second-order valence-electron chi connectivity index (χ2n) is 5.42. The van der Waals surface area contributed by atoms with E-state index in [4.69, 9.17) is 5.73 Å². The summed E-state index contributed by atoms with van der Waals surface area (Å²) in [7, 11) is 0. The Morgan fingerprint density at radius 3 is 2.95 bits per heavy atom. The third-order valence-corrected chi connectivity index (χ3v) is 5.12. The van der Waals surface area contributed by atoms with Gasteiger partial charge in [0.05, 0.1) is 5.69 Å². The maximum atomic E-state index is 12.3. The highest BCUT2D eigenvalue weighted by Crippen LogP contribution is 2.32. The number of amides is 1. The van der Waals surface area contributed by atoms with Crippen LogP contribution in [0.15, 0.2) is 18.3 Å². The van der Waals surface area contributed by atoms with Crippen LogP contribution in [0.2, 0.25) is 0 Å². The Hall–Kier alpha value is -1.62. The molecular weight excluding hydrogens is 270 g/mol. The topological polar surface area (TPSA) is 68.0 Å². The molecule has 0 radical (unpaired) electrons. The maximum Gasteiger partial charge on any atom is 0.263 e. The first-order valence-corrected chi connectivity index (χ1v) is 7.98. The Morgan fingerprint density at radius 1 is 1.40 bits per heavy atom. The number of nitrogens with zero attached hydrogens (tertiary/aromatic N) is 1. The van der Waals surface area contributed by atoms with Crippen molar-refractivity contribution in [1.29, 1.82) is 0 Å². The zero-order chi connectivity index (χ0) is 13.9. The van der Waals surface area contributed by atoms with E-state index in [0.717, 1.165) is 16.8 Å². The van der Waals surface area contributed by atoms with Gasteiger partial charge in [-0.15, -0.1) is 11.3 Å². The molecule has 2 aromatic heterocycles. The Bertz CT molecular complexity index is 617. The van der Waals surface area contributed by atoms with Gasteiger partial charge in [0.1, 0.15) is 9.71 Å². The lowest BCUT2D eigenvalue weighted by molar-refractivity contribution is 0.0948. The number of pyridine rings is 1. The maximum absolute atomic E-state index is 12.3. The molecule has 1 aliphatic rings. The van der Waals surface area contributed by atoms with E-state index >= 15 is 0 Å². The average Bonchev–Trinajstić information content (AvgIpc) is 2.84. The summed E-state index contributed by atoms with van der Waals surface area (Å²) in [6.45, 7) is 0.764. The van der Waals surface area contributed by atoms with E-state index in [1.807, 2.05) is 12.1 Å². The second-order valence-corrected chi connectivity index (χ2v) is 6.41. The van der Waals surface area contributed by atoms with Gasteiger partial charge >= 0.3 is 0 Å². The number of nitrogens with two attached hydrogens (primary N) is 1. The van der Waals surface area contributed by atoms with Gasteiger partial charge in [0.2, 0.25) is 0 Å². The molecule has 0 saturated heterocycles. The number of fused-ring (bicyclic) bond motifs is 1. The molecule has 1 amide bonds. The first-order valence-electron chi connectivity index (χ1n) is 7.17. The lowest BCUT2D eigenvalue weighted by Crippen LogP contribution is -2.30. The van der Waals surface area contributed by atoms with Gasteiger partial charge in [-0.25, -0.2) is 4.98 Å². The van der Waals surface area contributed by atoms with Crippen molar-refractivity contribution in [2.75, 3.05) is 12.3 Å². The number of nitrogens with one attached hydrogen (secondary N) is 1. The van der Waals surface area contributed by atoms with Crippen molar-refractivity contribution in [3.8, 4) is 0 Å². The number of anilines is 1. The zero-order valence-corrected chi connectivity index (χ0v) is 12.2. The number of hydrogen-bond acceptors (Lipinski definition) is 4. The van der Waals surface area contributed by atoms with E-state index in [2.05, 4.69) is 10.3 Å². The molecule has 5 heteroatoms. The largest absolute Gasteiger partial charge is 0.397 e. The van der Waals surface area contributed by atoms with E-state index in [9.17, 15) is 4.79 Å². The molecule has 106 valence electrons. The van der Waals surface area contributed by atoms with Gasteiger partial charge in [-0.3, -0.25) is 4.79 Å². The van der Waals surface area contributed by atoms with Crippen molar-refractivity contribution in [2.24, 2.45) is 5.92 Å². The third kappa shape index (κ3) is 2.63. The lowest BCUT2D eigenvalue weighted by Gasteiger charge is -2.21. The fourth-order valence-corrected chi connectivity index (χ4v) is 3.81. The molecule has 0 aliphatic heterocycles. The average molecular weight is 289 g/mol. The summed E-state index contributed by atoms with van der Waals surface area (Å²) in [6, 6.07) is 3.75. The van der Waals surface area contributed by atoms with E-state index in [-0.39, 0.29) is 5.91 Å². The minimum Gasteiger partial charge on any atom is -0.397 e. The molecule has 20 heavy (non-hydrogen) atoms. The highest BCUT2D eigenvalue weighted by Gasteiger charge is 2.19. The monoisotopic (exact) mass is 289 g/mol. The summed E-state index contributed by atoms with van der Waals surface area (Å²) in [6.07, 6.45) is 8.08. The van der Waals surface area contributed by atoms with Crippen molar-refractivity contribution in [3.63, 3.8) is 0 Å². The van der Waals surface area contributed by atoms with Gasteiger partial charge in [-0.1, -0.05) is 19.3 Å². The van der Waals surface area contributed by atoms with E-state index in [0.29, 0.717) is 16.5 Å². The molecule has 2 aromatic rings. The Balaban J connectivity index is 1.70. The molecule has 0 aromatic carbocycles. The molecule has 1 fully saturated rings. The van der Waals surface area contributed by atoms with Crippen molar-refractivity contribution in [1.82, 2.24) is 10.3 Å². The summed E-state index contributed by atoms with van der Waals surface area (Å²) in [5.41, 5.74) is 6.61. The zero-order valence-electron chi connectivity index (χ0n) is 11.4. The normalized spacial score (nSPS) is 16.4. The lowest BCUT2D eigenvalue weighted by atomic mass is 9.89. The summed E-state index contributed by atoms with van der Waals surface area (Å²) in [4.78, 5) is 17.9. The molecule has 3 rings (SSSR count). The van der Waals surface area contributed by atoms with E-state index in [1.165, 1.54) is 43.4 Å². The molecule has 3 N–H and O–H groups in total. The van der Waals surface area contributed by atoms with Crippen LogP contribution >= 0.6 is 11.3 Å². The molecule has 2 heterocycles. The van der Waals surface area contributed by atoms with Gasteiger partial charge < -0.3 is 11.1 Å². The van der Waals surface area contributed by atoms with Gasteiger partial charge in [-0.05, 0) is 30.9 Å². The predicted molar refractivity (Wildman–Crippen MR) is 82.9 cm³/mol. The fraction of sp³-hybridized carbons (Fsp3) is 0.467. The van der Waals surface area contributed by atoms with Crippen LogP contribution in [0.5, 0.6) is 0 Å². The molecular formula is C15H19N3OS. The summed E-state index contributed by atoms with van der Waals surface area (Å²) in [5, 5.41) is 3.91. The first kappa shape index (κ1) is 13.4. The Kier molecular flexibility index (Phi) is 3.87. The molecule has 0 atom stereocenters. The number of rotatable bonds is 3. The van der Waals surface area contributed by atoms with Gasteiger partial charge in [0.15, 0.2) is 0 Å². The predicted octanol–water partition coefficient (Wildman–Crippen LogP) is 3.19. The number of carbonyl (C=O) groups is 1. The number of hydrogen-bond donors (Lipinski definition) is 2. The minimum absolute atomic E-state index is 0.0592. The van der Waals surface area contributed by atoms with Crippen molar-refractivity contribution in [2.45, 2.75) is 32.1 Å². The number of nitrogen functional groups attached to an aromatic ring is 1. The summed E-state index contributed by atoms with van der Waals surface area (Å²) in [5.74, 6) is 0.567. The van der Waals surface area contributed by atoms with Gasteiger partial charge in [0.25, 0.3) is 5.91 Å². The van der Waals surface area contributed by atoms with Crippen LogP contribution in [0.4, 0.5) is 5.69 Å². The van der Waals surface area contributed by atoms with Crippen LogP contribution in [-0.2, 0) is 0 Å². The van der Waals surface area contributed by atoms with Crippen molar-refractivity contribution in [3.05, 3.63) is 23.2 Å². The molecule has 1 saturated carbocycles. The van der Waals surface area contributed by atoms with Crippen LogP contribution in [0.3, 0.4) is 0 Å². The Morgan fingerprint density at radius 2 is 2.20 bits per heavy atom.